The standard InChI is InChI=1S/C16H15NO4/c1-20-14-5-3-4-12(15(14)21-2)10-17-13-8-6-11(7-9-13)16(18)19/h3-10H,1-2H3,(H,18,19). The zero-order chi connectivity index (χ0) is 15.2. The summed E-state index contributed by atoms with van der Waals surface area (Å²) in [5, 5.41) is 8.84. The summed E-state index contributed by atoms with van der Waals surface area (Å²) in [7, 11) is 3.14. The zero-order valence-corrected chi connectivity index (χ0v) is 11.7. The summed E-state index contributed by atoms with van der Waals surface area (Å²) in [6, 6.07) is 11.8. The van der Waals surface area contributed by atoms with E-state index in [1.54, 1.807) is 38.6 Å². The van der Waals surface area contributed by atoms with Gasteiger partial charge in [-0.15, -0.1) is 0 Å². The van der Waals surface area contributed by atoms with E-state index in [2.05, 4.69) is 4.99 Å². The second-order valence-corrected chi connectivity index (χ2v) is 4.19. The highest BCUT2D eigenvalue weighted by molar-refractivity contribution is 5.89. The summed E-state index contributed by atoms with van der Waals surface area (Å²) < 4.78 is 10.5. The van der Waals surface area contributed by atoms with Gasteiger partial charge in [0, 0.05) is 11.8 Å². The molecule has 0 saturated carbocycles. The molecule has 0 amide bonds. The number of methoxy groups -OCH3 is 2. The summed E-state index contributed by atoms with van der Waals surface area (Å²) in [6.45, 7) is 0. The topological polar surface area (TPSA) is 68.1 Å². The Morgan fingerprint density at radius 2 is 1.81 bits per heavy atom. The summed E-state index contributed by atoms with van der Waals surface area (Å²) >= 11 is 0. The van der Waals surface area contributed by atoms with E-state index in [-0.39, 0.29) is 5.56 Å². The third-order valence-electron chi connectivity index (χ3n) is 2.90. The Kier molecular flexibility index (Phi) is 4.56. The molecular weight excluding hydrogens is 270 g/mol. The fourth-order valence-electron chi connectivity index (χ4n) is 1.85. The second kappa shape index (κ2) is 6.56. The molecule has 5 heteroatoms. The molecule has 5 nitrogen and oxygen atoms in total. The molecule has 0 atom stereocenters. The lowest BCUT2D eigenvalue weighted by molar-refractivity contribution is 0.0697. The number of carboxylic acid groups (broad SMARTS) is 1. The van der Waals surface area contributed by atoms with Crippen LogP contribution in [0, 0.1) is 0 Å². The van der Waals surface area contributed by atoms with Crippen LogP contribution in [0.1, 0.15) is 15.9 Å². The predicted octanol–water partition coefficient (Wildman–Crippen LogP) is 3.15. The number of aliphatic imine (C=N–C) groups is 1. The number of rotatable bonds is 5. The smallest absolute Gasteiger partial charge is 0.335 e. The Morgan fingerprint density at radius 3 is 2.38 bits per heavy atom. The van der Waals surface area contributed by atoms with Gasteiger partial charge in [0.2, 0.25) is 0 Å². The van der Waals surface area contributed by atoms with Crippen LogP contribution >= 0.6 is 0 Å². The van der Waals surface area contributed by atoms with Gasteiger partial charge in [0.15, 0.2) is 11.5 Å². The lowest BCUT2D eigenvalue weighted by Gasteiger charge is -2.09. The average Bonchev–Trinajstić information content (AvgIpc) is 2.52. The van der Waals surface area contributed by atoms with E-state index < -0.39 is 5.97 Å². The minimum absolute atomic E-state index is 0.230. The van der Waals surface area contributed by atoms with E-state index in [0.29, 0.717) is 17.2 Å². The Bertz CT molecular complexity index is 662. The second-order valence-electron chi connectivity index (χ2n) is 4.19. The molecule has 108 valence electrons. The molecule has 0 fully saturated rings. The van der Waals surface area contributed by atoms with Crippen LogP contribution in [0.4, 0.5) is 5.69 Å². The monoisotopic (exact) mass is 285 g/mol. The molecule has 0 unspecified atom stereocenters. The van der Waals surface area contributed by atoms with Crippen molar-refractivity contribution in [3.63, 3.8) is 0 Å². The van der Waals surface area contributed by atoms with Gasteiger partial charge in [0.25, 0.3) is 0 Å². The minimum Gasteiger partial charge on any atom is -0.493 e. The maximum absolute atomic E-state index is 10.8. The van der Waals surface area contributed by atoms with Crippen LogP contribution in [0.15, 0.2) is 47.5 Å². The van der Waals surface area contributed by atoms with Crippen molar-refractivity contribution < 1.29 is 19.4 Å². The molecule has 2 aromatic carbocycles. The Labute approximate surface area is 122 Å². The highest BCUT2D eigenvalue weighted by Gasteiger charge is 2.07. The number of para-hydroxylation sites is 1. The van der Waals surface area contributed by atoms with E-state index in [1.165, 1.54) is 12.1 Å². The van der Waals surface area contributed by atoms with Gasteiger partial charge in [-0.3, -0.25) is 4.99 Å². The molecule has 0 saturated heterocycles. The van der Waals surface area contributed by atoms with E-state index in [4.69, 9.17) is 14.6 Å². The molecule has 21 heavy (non-hydrogen) atoms. The minimum atomic E-state index is -0.958. The van der Waals surface area contributed by atoms with Gasteiger partial charge >= 0.3 is 5.97 Å². The summed E-state index contributed by atoms with van der Waals surface area (Å²) in [4.78, 5) is 15.1. The molecule has 0 aromatic heterocycles. The SMILES string of the molecule is COc1cccc(C=Nc2ccc(C(=O)O)cc2)c1OC. The fraction of sp³-hybridized carbons (Fsp3) is 0.125. The molecule has 2 aromatic rings. The van der Waals surface area contributed by atoms with Gasteiger partial charge in [-0.2, -0.15) is 0 Å². The maximum Gasteiger partial charge on any atom is 0.335 e. The first-order valence-electron chi connectivity index (χ1n) is 6.24. The molecule has 0 spiro atoms. The van der Waals surface area contributed by atoms with Gasteiger partial charge in [0.05, 0.1) is 25.5 Å². The van der Waals surface area contributed by atoms with Crippen molar-refractivity contribution in [1.82, 2.24) is 0 Å². The van der Waals surface area contributed by atoms with E-state index in [0.717, 1.165) is 5.56 Å². The van der Waals surface area contributed by atoms with Crippen LogP contribution in [0.5, 0.6) is 11.5 Å². The van der Waals surface area contributed by atoms with Gasteiger partial charge in [0.1, 0.15) is 0 Å². The van der Waals surface area contributed by atoms with E-state index in [9.17, 15) is 4.79 Å². The fourth-order valence-corrected chi connectivity index (χ4v) is 1.85. The first kappa shape index (κ1) is 14.6. The molecular formula is C16H15NO4. The van der Waals surface area contributed by atoms with Gasteiger partial charge in [-0.1, -0.05) is 6.07 Å². The van der Waals surface area contributed by atoms with E-state index in [1.807, 2.05) is 12.1 Å². The Morgan fingerprint density at radius 1 is 1.10 bits per heavy atom. The lowest BCUT2D eigenvalue weighted by atomic mass is 10.2. The molecule has 1 N–H and O–H groups in total. The number of aromatic carboxylic acids is 1. The van der Waals surface area contributed by atoms with Crippen molar-refractivity contribution >= 4 is 17.9 Å². The number of hydrogen-bond donors (Lipinski definition) is 1. The van der Waals surface area contributed by atoms with Crippen LogP contribution in [0.25, 0.3) is 0 Å². The number of nitrogens with zero attached hydrogens (tertiary/aromatic N) is 1. The van der Waals surface area contributed by atoms with Crippen LogP contribution < -0.4 is 9.47 Å². The molecule has 0 bridgehead atoms. The average molecular weight is 285 g/mol. The van der Waals surface area contributed by atoms with Crippen molar-refractivity contribution in [1.29, 1.82) is 0 Å². The molecule has 0 aliphatic heterocycles. The molecule has 0 radical (unpaired) electrons. The van der Waals surface area contributed by atoms with Crippen molar-refractivity contribution in [3.8, 4) is 11.5 Å². The highest BCUT2D eigenvalue weighted by Crippen LogP contribution is 2.29. The van der Waals surface area contributed by atoms with Crippen LogP contribution in [-0.4, -0.2) is 31.5 Å². The number of carboxylic acids is 1. The quantitative estimate of drug-likeness (QED) is 0.857. The van der Waals surface area contributed by atoms with Gasteiger partial charge in [-0.05, 0) is 36.4 Å². The number of benzene rings is 2. The number of carbonyl (C=O) groups is 1. The first-order valence-corrected chi connectivity index (χ1v) is 6.24. The largest absolute Gasteiger partial charge is 0.493 e. The number of ether oxygens (including phenoxy) is 2. The Balaban J connectivity index is 2.27. The number of hydrogen-bond acceptors (Lipinski definition) is 4. The molecule has 0 aliphatic carbocycles. The van der Waals surface area contributed by atoms with Crippen molar-refractivity contribution in [2.24, 2.45) is 4.99 Å². The van der Waals surface area contributed by atoms with Crippen molar-refractivity contribution in [3.05, 3.63) is 53.6 Å². The zero-order valence-electron chi connectivity index (χ0n) is 11.7. The highest BCUT2D eigenvalue weighted by atomic mass is 16.5. The van der Waals surface area contributed by atoms with Crippen LogP contribution in [0.2, 0.25) is 0 Å². The lowest BCUT2D eigenvalue weighted by Crippen LogP contribution is -1.95. The van der Waals surface area contributed by atoms with Crippen molar-refractivity contribution in [2.45, 2.75) is 0 Å². The molecule has 0 aliphatic rings. The van der Waals surface area contributed by atoms with E-state index >= 15 is 0 Å². The molecule has 2 rings (SSSR count). The Hall–Kier alpha value is -2.82. The van der Waals surface area contributed by atoms with Crippen LogP contribution in [-0.2, 0) is 0 Å². The predicted molar refractivity (Wildman–Crippen MR) is 80.2 cm³/mol. The summed E-state index contributed by atoms with van der Waals surface area (Å²) in [6.07, 6.45) is 1.65. The van der Waals surface area contributed by atoms with Gasteiger partial charge in [-0.25, -0.2) is 4.79 Å². The third-order valence-corrected chi connectivity index (χ3v) is 2.90. The summed E-state index contributed by atoms with van der Waals surface area (Å²) in [5.74, 6) is 0.272. The van der Waals surface area contributed by atoms with Gasteiger partial charge < -0.3 is 14.6 Å². The third kappa shape index (κ3) is 3.39. The van der Waals surface area contributed by atoms with Crippen molar-refractivity contribution in [2.75, 3.05) is 14.2 Å². The first-order chi connectivity index (χ1) is 10.2. The summed E-state index contributed by atoms with van der Waals surface area (Å²) in [5.41, 5.74) is 1.66. The molecule has 0 heterocycles. The van der Waals surface area contributed by atoms with Crippen LogP contribution in [0.3, 0.4) is 0 Å². The maximum atomic E-state index is 10.8. The normalized spacial score (nSPS) is 10.6.